The maximum Gasteiger partial charge on any atom is 0.254 e. The summed E-state index contributed by atoms with van der Waals surface area (Å²) in [5.41, 5.74) is 2.37. The van der Waals surface area contributed by atoms with Crippen LogP contribution in [0.15, 0.2) is 42.5 Å². The molecule has 1 saturated heterocycles. The lowest BCUT2D eigenvalue weighted by molar-refractivity contribution is -0.114. The van der Waals surface area contributed by atoms with Crippen LogP contribution in [0.25, 0.3) is 0 Å². The highest BCUT2D eigenvalue weighted by atomic mass is 16.6. The van der Waals surface area contributed by atoms with Gasteiger partial charge in [0.2, 0.25) is 5.91 Å². The number of nitrogens with one attached hydrogen (secondary N) is 1. The van der Waals surface area contributed by atoms with Gasteiger partial charge in [0.1, 0.15) is 13.2 Å². The van der Waals surface area contributed by atoms with Gasteiger partial charge in [0.25, 0.3) is 5.91 Å². The smallest absolute Gasteiger partial charge is 0.254 e. The topological polar surface area (TPSA) is 67.9 Å². The number of hydrogen-bond donors (Lipinski definition) is 1. The van der Waals surface area contributed by atoms with Crippen molar-refractivity contribution in [2.24, 2.45) is 0 Å². The molecule has 27 heavy (non-hydrogen) atoms. The second-order valence-electron chi connectivity index (χ2n) is 6.82. The van der Waals surface area contributed by atoms with Gasteiger partial charge in [0.15, 0.2) is 11.5 Å². The largest absolute Gasteiger partial charge is 0.486 e. The Labute approximate surface area is 158 Å². The van der Waals surface area contributed by atoms with E-state index >= 15 is 0 Å². The Hall–Kier alpha value is -3.02. The van der Waals surface area contributed by atoms with Crippen molar-refractivity contribution >= 4 is 17.5 Å². The highest BCUT2D eigenvalue weighted by molar-refractivity contribution is 5.96. The summed E-state index contributed by atoms with van der Waals surface area (Å²) in [5.74, 6) is 1.38. The maximum absolute atomic E-state index is 13.0. The molecule has 2 aliphatic rings. The fourth-order valence-electron chi connectivity index (χ4n) is 3.69. The average molecular weight is 366 g/mol. The molecule has 6 nitrogen and oxygen atoms in total. The van der Waals surface area contributed by atoms with E-state index in [2.05, 4.69) is 5.32 Å². The predicted molar refractivity (Wildman–Crippen MR) is 101 cm³/mol. The van der Waals surface area contributed by atoms with E-state index in [4.69, 9.17) is 9.47 Å². The van der Waals surface area contributed by atoms with E-state index < -0.39 is 0 Å². The number of nitrogens with zero attached hydrogens (tertiary/aromatic N) is 1. The van der Waals surface area contributed by atoms with Crippen LogP contribution in [0.5, 0.6) is 11.5 Å². The SMILES string of the molecule is CC(=O)Nc1ccc(C(=O)N2CCC[C@@H]2c2ccc3c(c2)OCCO3)cc1. The van der Waals surface area contributed by atoms with Crippen molar-refractivity contribution in [3.63, 3.8) is 0 Å². The summed E-state index contributed by atoms with van der Waals surface area (Å²) >= 11 is 0. The number of carbonyl (C=O) groups is 2. The molecular weight excluding hydrogens is 344 g/mol. The number of carbonyl (C=O) groups excluding carboxylic acids is 2. The summed E-state index contributed by atoms with van der Waals surface area (Å²) < 4.78 is 11.3. The van der Waals surface area contributed by atoms with E-state index in [1.54, 1.807) is 24.3 Å². The standard InChI is InChI=1S/C21H22N2O4/c1-14(24)22-17-7-4-15(5-8-17)21(25)23-10-2-3-18(23)16-6-9-19-20(13-16)27-12-11-26-19/h4-9,13,18H,2-3,10-12H2,1H3,(H,22,24)/t18-/m1/s1. The lowest BCUT2D eigenvalue weighted by atomic mass is 10.0. The van der Waals surface area contributed by atoms with Crippen LogP contribution in [-0.4, -0.2) is 36.5 Å². The first kappa shape index (κ1) is 17.4. The van der Waals surface area contributed by atoms with Crippen molar-refractivity contribution in [3.05, 3.63) is 53.6 Å². The number of anilines is 1. The zero-order chi connectivity index (χ0) is 18.8. The fraction of sp³-hybridized carbons (Fsp3) is 0.333. The van der Waals surface area contributed by atoms with Crippen LogP contribution >= 0.6 is 0 Å². The van der Waals surface area contributed by atoms with E-state index in [9.17, 15) is 9.59 Å². The molecule has 0 aromatic heterocycles. The van der Waals surface area contributed by atoms with Crippen LogP contribution in [0.4, 0.5) is 5.69 Å². The molecule has 1 N–H and O–H groups in total. The zero-order valence-corrected chi connectivity index (χ0v) is 15.2. The van der Waals surface area contributed by atoms with Crippen molar-refractivity contribution in [2.75, 3.05) is 25.1 Å². The van der Waals surface area contributed by atoms with E-state index in [1.807, 2.05) is 23.1 Å². The quantitative estimate of drug-likeness (QED) is 0.904. The normalized spacial score (nSPS) is 18.3. The molecule has 2 heterocycles. The molecular formula is C21H22N2O4. The van der Waals surface area contributed by atoms with Gasteiger partial charge < -0.3 is 19.7 Å². The first-order valence-electron chi connectivity index (χ1n) is 9.20. The van der Waals surface area contributed by atoms with Crippen LogP contribution in [0.3, 0.4) is 0 Å². The van der Waals surface area contributed by atoms with Gasteiger partial charge in [0, 0.05) is 24.7 Å². The van der Waals surface area contributed by atoms with E-state index in [0.717, 1.165) is 36.4 Å². The summed E-state index contributed by atoms with van der Waals surface area (Å²) in [6.07, 6.45) is 1.89. The Kier molecular flexibility index (Phi) is 4.71. The van der Waals surface area contributed by atoms with Gasteiger partial charge >= 0.3 is 0 Å². The number of rotatable bonds is 3. The third-order valence-corrected chi connectivity index (χ3v) is 4.92. The summed E-state index contributed by atoms with van der Waals surface area (Å²) in [4.78, 5) is 26.1. The Morgan fingerprint density at radius 2 is 1.78 bits per heavy atom. The van der Waals surface area contributed by atoms with Gasteiger partial charge in [-0.15, -0.1) is 0 Å². The molecule has 6 heteroatoms. The summed E-state index contributed by atoms with van der Waals surface area (Å²) in [5, 5.41) is 2.71. The molecule has 0 spiro atoms. The molecule has 0 unspecified atom stereocenters. The number of hydrogen-bond acceptors (Lipinski definition) is 4. The molecule has 2 aromatic rings. The van der Waals surface area contributed by atoms with Crippen LogP contribution in [0.2, 0.25) is 0 Å². The maximum atomic E-state index is 13.0. The first-order valence-corrected chi connectivity index (χ1v) is 9.20. The number of amides is 2. The molecule has 140 valence electrons. The Bertz CT molecular complexity index is 863. The van der Waals surface area contributed by atoms with Crippen molar-refractivity contribution in [3.8, 4) is 11.5 Å². The molecule has 2 aliphatic heterocycles. The predicted octanol–water partition coefficient (Wildman–Crippen LogP) is 3.39. The van der Waals surface area contributed by atoms with Crippen molar-refractivity contribution < 1.29 is 19.1 Å². The zero-order valence-electron chi connectivity index (χ0n) is 15.2. The second-order valence-corrected chi connectivity index (χ2v) is 6.82. The van der Waals surface area contributed by atoms with E-state index in [1.165, 1.54) is 6.92 Å². The second kappa shape index (κ2) is 7.31. The van der Waals surface area contributed by atoms with Crippen LogP contribution in [0.1, 0.15) is 41.7 Å². The van der Waals surface area contributed by atoms with E-state index in [0.29, 0.717) is 24.5 Å². The third-order valence-electron chi connectivity index (χ3n) is 4.92. The molecule has 1 atom stereocenters. The van der Waals surface area contributed by atoms with Gasteiger partial charge in [-0.1, -0.05) is 6.07 Å². The van der Waals surface area contributed by atoms with Gasteiger partial charge in [-0.3, -0.25) is 9.59 Å². The summed E-state index contributed by atoms with van der Waals surface area (Å²) in [7, 11) is 0. The minimum absolute atomic E-state index is 0.00163. The molecule has 2 amide bonds. The Balaban J connectivity index is 1.54. The Morgan fingerprint density at radius 3 is 2.52 bits per heavy atom. The highest BCUT2D eigenvalue weighted by Gasteiger charge is 2.31. The lowest BCUT2D eigenvalue weighted by Gasteiger charge is -2.27. The minimum Gasteiger partial charge on any atom is -0.486 e. The Morgan fingerprint density at radius 1 is 1.04 bits per heavy atom. The van der Waals surface area contributed by atoms with Crippen LogP contribution < -0.4 is 14.8 Å². The monoisotopic (exact) mass is 366 g/mol. The fourth-order valence-corrected chi connectivity index (χ4v) is 3.69. The molecule has 2 aromatic carbocycles. The molecule has 1 fully saturated rings. The van der Waals surface area contributed by atoms with Crippen molar-refractivity contribution in [1.82, 2.24) is 4.90 Å². The number of likely N-dealkylation sites (tertiary alicyclic amines) is 1. The van der Waals surface area contributed by atoms with Gasteiger partial charge in [-0.05, 0) is 54.8 Å². The molecule has 0 saturated carbocycles. The number of benzene rings is 2. The molecule has 0 bridgehead atoms. The van der Waals surface area contributed by atoms with E-state index in [-0.39, 0.29) is 17.9 Å². The third kappa shape index (κ3) is 3.60. The number of ether oxygens (including phenoxy) is 2. The first-order chi connectivity index (χ1) is 13.1. The highest BCUT2D eigenvalue weighted by Crippen LogP contribution is 2.38. The molecule has 0 radical (unpaired) electrons. The van der Waals surface area contributed by atoms with Gasteiger partial charge in [0.05, 0.1) is 6.04 Å². The molecule has 4 rings (SSSR count). The number of fused-ring (bicyclic) bond motifs is 1. The van der Waals surface area contributed by atoms with Crippen LogP contribution in [-0.2, 0) is 4.79 Å². The van der Waals surface area contributed by atoms with Crippen molar-refractivity contribution in [2.45, 2.75) is 25.8 Å². The average Bonchev–Trinajstić information content (AvgIpc) is 3.17. The summed E-state index contributed by atoms with van der Waals surface area (Å²) in [6, 6.07) is 13.0. The molecule has 0 aliphatic carbocycles. The van der Waals surface area contributed by atoms with Gasteiger partial charge in [-0.2, -0.15) is 0 Å². The van der Waals surface area contributed by atoms with Gasteiger partial charge in [-0.25, -0.2) is 0 Å². The van der Waals surface area contributed by atoms with Crippen LogP contribution in [0, 0.1) is 0 Å². The minimum atomic E-state index is -0.132. The lowest BCUT2D eigenvalue weighted by Crippen LogP contribution is -2.30. The van der Waals surface area contributed by atoms with Crippen molar-refractivity contribution in [1.29, 1.82) is 0 Å². The summed E-state index contributed by atoms with van der Waals surface area (Å²) in [6.45, 7) is 3.30.